The fraction of sp³-hybridized carbons (Fsp3) is 0.471. The van der Waals surface area contributed by atoms with Gasteiger partial charge in [0, 0.05) is 11.3 Å². The summed E-state index contributed by atoms with van der Waals surface area (Å²) < 4.78 is 0. The summed E-state index contributed by atoms with van der Waals surface area (Å²) in [6.45, 7) is 6.88. The van der Waals surface area contributed by atoms with Crippen LogP contribution in [0.15, 0.2) is 42.1 Å². The van der Waals surface area contributed by atoms with E-state index in [1.807, 2.05) is 30.3 Å². The van der Waals surface area contributed by atoms with Gasteiger partial charge in [0.1, 0.15) is 0 Å². The molecule has 0 spiro atoms. The first-order valence-electron chi connectivity index (χ1n) is 7.27. The van der Waals surface area contributed by atoms with Crippen molar-refractivity contribution in [3.05, 3.63) is 47.7 Å². The van der Waals surface area contributed by atoms with Gasteiger partial charge in [-0.15, -0.1) is 0 Å². The Morgan fingerprint density at radius 1 is 1.20 bits per heavy atom. The Kier molecular flexibility index (Phi) is 4.48. The summed E-state index contributed by atoms with van der Waals surface area (Å²) in [6.07, 6.45) is 5.46. The van der Waals surface area contributed by atoms with Gasteiger partial charge in [0.05, 0.1) is 0 Å². The van der Waals surface area contributed by atoms with Crippen LogP contribution in [0.5, 0.6) is 0 Å². The lowest BCUT2D eigenvalue weighted by atomic mass is 9.74. The average Bonchev–Trinajstić information content (AvgIpc) is 2.45. The highest BCUT2D eigenvalue weighted by atomic mass is 16.2. The molecule has 108 valence electrons. The van der Waals surface area contributed by atoms with Crippen molar-refractivity contribution >= 4 is 5.91 Å². The maximum atomic E-state index is 11.9. The van der Waals surface area contributed by atoms with Crippen LogP contribution in [0.25, 0.3) is 0 Å². The van der Waals surface area contributed by atoms with E-state index >= 15 is 0 Å². The summed E-state index contributed by atoms with van der Waals surface area (Å²) in [6, 6.07) is 9.25. The molecule has 1 unspecified atom stereocenters. The first kappa shape index (κ1) is 14.6. The maximum Gasteiger partial charge on any atom is 0.269 e. The first-order chi connectivity index (χ1) is 9.47. The highest BCUT2D eigenvalue weighted by Gasteiger charge is 2.26. The molecule has 0 bridgehead atoms. The van der Waals surface area contributed by atoms with E-state index in [2.05, 4.69) is 37.7 Å². The number of rotatable bonds is 3. The smallest absolute Gasteiger partial charge is 0.269 e. The normalized spacial score (nSPS) is 19.1. The molecule has 1 amide bonds. The number of carbonyl (C=O) groups excluding carboxylic acids is 1. The van der Waals surface area contributed by atoms with Gasteiger partial charge in [-0.1, -0.05) is 45.0 Å². The van der Waals surface area contributed by atoms with Crippen LogP contribution in [0.4, 0.5) is 0 Å². The third-order valence-corrected chi connectivity index (χ3v) is 4.01. The SMILES string of the molecule is CC(C)(C)C1CC=C(NNC(=O)c2ccccc2)CC1. The molecule has 1 aliphatic rings. The third kappa shape index (κ3) is 3.86. The van der Waals surface area contributed by atoms with Crippen LogP contribution < -0.4 is 10.9 Å². The minimum absolute atomic E-state index is 0.0931. The van der Waals surface area contributed by atoms with Crippen LogP contribution in [-0.2, 0) is 0 Å². The summed E-state index contributed by atoms with van der Waals surface area (Å²) in [5.41, 5.74) is 7.97. The predicted molar refractivity (Wildman–Crippen MR) is 81.9 cm³/mol. The lowest BCUT2D eigenvalue weighted by Gasteiger charge is -2.33. The van der Waals surface area contributed by atoms with Crippen LogP contribution in [0.2, 0.25) is 0 Å². The topological polar surface area (TPSA) is 41.1 Å². The van der Waals surface area contributed by atoms with Gasteiger partial charge in [-0.2, -0.15) is 0 Å². The van der Waals surface area contributed by atoms with Crippen LogP contribution in [0.3, 0.4) is 0 Å². The molecular weight excluding hydrogens is 248 g/mol. The van der Waals surface area contributed by atoms with Gasteiger partial charge in [-0.3, -0.25) is 10.2 Å². The zero-order valence-corrected chi connectivity index (χ0v) is 12.6. The third-order valence-electron chi connectivity index (χ3n) is 4.01. The molecular formula is C17H24N2O. The van der Waals surface area contributed by atoms with Gasteiger partial charge in [-0.05, 0) is 42.7 Å². The number of carbonyl (C=O) groups is 1. The van der Waals surface area contributed by atoms with E-state index in [1.54, 1.807) is 0 Å². The number of hydrogen-bond acceptors (Lipinski definition) is 2. The molecule has 0 saturated heterocycles. The van der Waals surface area contributed by atoms with Crippen molar-refractivity contribution in [1.82, 2.24) is 10.9 Å². The Bertz CT molecular complexity index is 485. The molecule has 2 N–H and O–H groups in total. The predicted octanol–water partition coefficient (Wildman–Crippen LogP) is 3.65. The number of benzene rings is 1. The number of hydrogen-bond donors (Lipinski definition) is 2. The molecule has 0 saturated carbocycles. The van der Waals surface area contributed by atoms with Crippen LogP contribution in [0.1, 0.15) is 50.4 Å². The van der Waals surface area contributed by atoms with E-state index in [0.717, 1.165) is 24.5 Å². The second-order valence-electron chi connectivity index (χ2n) is 6.51. The van der Waals surface area contributed by atoms with Crippen LogP contribution in [-0.4, -0.2) is 5.91 Å². The summed E-state index contributed by atoms with van der Waals surface area (Å²) in [7, 11) is 0. The summed E-state index contributed by atoms with van der Waals surface area (Å²) in [4.78, 5) is 11.9. The van der Waals surface area contributed by atoms with Gasteiger partial charge in [0.25, 0.3) is 5.91 Å². The van der Waals surface area contributed by atoms with Crippen molar-refractivity contribution in [2.24, 2.45) is 11.3 Å². The molecule has 20 heavy (non-hydrogen) atoms. The zero-order valence-electron chi connectivity index (χ0n) is 12.6. The Balaban J connectivity index is 1.84. The standard InChI is InChI=1S/C17H24N2O/c1-17(2,3)14-9-11-15(12-10-14)18-19-16(20)13-7-5-4-6-8-13/h4-8,11,14,18H,9-10,12H2,1-3H3,(H,19,20). The van der Waals surface area contributed by atoms with E-state index in [0.29, 0.717) is 11.0 Å². The molecule has 1 aliphatic carbocycles. The highest BCUT2D eigenvalue weighted by molar-refractivity contribution is 5.93. The van der Waals surface area contributed by atoms with Crippen molar-refractivity contribution in [2.75, 3.05) is 0 Å². The van der Waals surface area contributed by atoms with E-state index in [-0.39, 0.29) is 5.91 Å². The number of allylic oxidation sites excluding steroid dienone is 2. The summed E-state index contributed by atoms with van der Waals surface area (Å²) in [5, 5.41) is 0. The van der Waals surface area contributed by atoms with Crippen molar-refractivity contribution in [3.8, 4) is 0 Å². The first-order valence-corrected chi connectivity index (χ1v) is 7.27. The van der Waals surface area contributed by atoms with Crippen molar-refractivity contribution in [1.29, 1.82) is 0 Å². The van der Waals surface area contributed by atoms with E-state index in [1.165, 1.54) is 6.42 Å². The second kappa shape index (κ2) is 6.12. The van der Waals surface area contributed by atoms with E-state index in [9.17, 15) is 4.79 Å². The number of amides is 1. The van der Waals surface area contributed by atoms with Crippen molar-refractivity contribution < 1.29 is 4.79 Å². The zero-order chi connectivity index (χ0) is 14.6. The van der Waals surface area contributed by atoms with Crippen molar-refractivity contribution in [3.63, 3.8) is 0 Å². The molecule has 3 nitrogen and oxygen atoms in total. The minimum Gasteiger partial charge on any atom is -0.303 e. The van der Waals surface area contributed by atoms with Crippen LogP contribution >= 0.6 is 0 Å². The Morgan fingerprint density at radius 2 is 1.90 bits per heavy atom. The van der Waals surface area contributed by atoms with Gasteiger partial charge < -0.3 is 5.43 Å². The Hall–Kier alpha value is -1.77. The molecule has 1 atom stereocenters. The van der Waals surface area contributed by atoms with Gasteiger partial charge in [0.2, 0.25) is 0 Å². The fourth-order valence-corrected chi connectivity index (χ4v) is 2.53. The molecule has 0 heterocycles. The molecule has 1 aromatic rings. The molecule has 1 aromatic carbocycles. The maximum absolute atomic E-state index is 11.9. The number of nitrogens with one attached hydrogen (secondary N) is 2. The molecule has 0 aromatic heterocycles. The van der Waals surface area contributed by atoms with Gasteiger partial charge in [0.15, 0.2) is 0 Å². The molecule has 0 radical (unpaired) electrons. The monoisotopic (exact) mass is 272 g/mol. The molecule has 2 rings (SSSR count). The van der Waals surface area contributed by atoms with Gasteiger partial charge >= 0.3 is 0 Å². The largest absolute Gasteiger partial charge is 0.303 e. The lowest BCUT2D eigenvalue weighted by molar-refractivity contribution is 0.0937. The van der Waals surface area contributed by atoms with Crippen molar-refractivity contribution in [2.45, 2.75) is 40.0 Å². The quantitative estimate of drug-likeness (QED) is 0.825. The van der Waals surface area contributed by atoms with E-state index in [4.69, 9.17) is 0 Å². The fourth-order valence-electron chi connectivity index (χ4n) is 2.53. The van der Waals surface area contributed by atoms with Gasteiger partial charge in [-0.25, -0.2) is 0 Å². The van der Waals surface area contributed by atoms with Crippen LogP contribution in [0, 0.1) is 11.3 Å². The molecule has 0 aliphatic heterocycles. The molecule has 3 heteroatoms. The summed E-state index contributed by atoms with van der Waals surface area (Å²) >= 11 is 0. The second-order valence-corrected chi connectivity index (χ2v) is 6.51. The average molecular weight is 272 g/mol. The molecule has 0 fully saturated rings. The Morgan fingerprint density at radius 3 is 2.45 bits per heavy atom. The summed E-state index contributed by atoms with van der Waals surface area (Å²) in [5.74, 6) is 0.627. The lowest BCUT2D eigenvalue weighted by Crippen LogP contribution is -2.38. The highest BCUT2D eigenvalue weighted by Crippen LogP contribution is 2.36. The number of hydrazine groups is 1. The van der Waals surface area contributed by atoms with E-state index < -0.39 is 0 Å². The minimum atomic E-state index is -0.0931. The Labute approximate surface area is 121 Å².